The van der Waals surface area contributed by atoms with Crippen LogP contribution in [-0.4, -0.2) is 43.4 Å². The minimum absolute atomic E-state index is 0.218. The van der Waals surface area contributed by atoms with E-state index < -0.39 is 36.2 Å². The van der Waals surface area contributed by atoms with Gasteiger partial charge in [-0.15, -0.1) is 0 Å². The van der Waals surface area contributed by atoms with Crippen LogP contribution in [0.5, 0.6) is 0 Å². The molecule has 13 heteroatoms. The molecule has 0 bridgehead atoms. The molecule has 1 unspecified atom stereocenters. The van der Waals surface area contributed by atoms with Crippen molar-refractivity contribution in [3.8, 4) is 0 Å². The first kappa shape index (κ1) is 25.2. The first-order valence-electron chi connectivity index (χ1n) is 8.13. The molecule has 0 aromatic rings. The molecule has 0 rings (SSSR count). The third-order valence-corrected chi connectivity index (χ3v) is 8.12. The number of hydrogen-bond acceptors (Lipinski definition) is 5. The second kappa shape index (κ2) is 11.1. The van der Waals surface area contributed by atoms with E-state index >= 15 is 0 Å². The summed E-state index contributed by atoms with van der Waals surface area (Å²) in [7, 11) is -15.4. The van der Waals surface area contributed by atoms with Gasteiger partial charge in [-0.2, -0.15) is 8.42 Å². The van der Waals surface area contributed by atoms with Crippen LogP contribution in [0, 0.1) is 0 Å². The fourth-order valence-electron chi connectivity index (χ4n) is 2.34. The lowest BCUT2D eigenvalue weighted by atomic mass is 10.1. The molecule has 0 heterocycles. The molecule has 10 nitrogen and oxygen atoms in total. The fraction of sp³-hybridized carbons (Fsp3) is 1.00. The molecule has 25 heavy (non-hydrogen) atoms. The maximum atomic E-state index is 11.3. The van der Waals surface area contributed by atoms with E-state index in [4.69, 9.17) is 24.1 Å². The minimum atomic E-state index is -5.33. The van der Waals surface area contributed by atoms with Crippen molar-refractivity contribution in [2.24, 2.45) is 0 Å². The van der Waals surface area contributed by atoms with Gasteiger partial charge in [0, 0.05) is 0 Å². The molecule has 0 spiro atoms. The van der Waals surface area contributed by atoms with Crippen LogP contribution in [0.2, 0.25) is 0 Å². The maximum absolute atomic E-state index is 11.3. The molecular formula is C12H29NO9P2S. The SMILES string of the molecule is CCCCCCCCCCC(NC(P(=O)(O)O)P(=O)(O)O)S(=O)(=O)O. The van der Waals surface area contributed by atoms with Crippen molar-refractivity contribution >= 4 is 25.3 Å². The van der Waals surface area contributed by atoms with Gasteiger partial charge in [0.1, 0.15) is 5.37 Å². The monoisotopic (exact) mass is 425 g/mol. The molecule has 0 aliphatic rings. The predicted octanol–water partition coefficient (Wildman–Crippen LogP) is 1.96. The minimum Gasteiger partial charge on any atom is -0.323 e. The molecule has 6 N–H and O–H groups in total. The Balaban J connectivity index is 4.63. The van der Waals surface area contributed by atoms with E-state index in [-0.39, 0.29) is 6.42 Å². The first-order chi connectivity index (χ1) is 11.3. The molecule has 0 aromatic carbocycles. The molecule has 0 aromatic heterocycles. The van der Waals surface area contributed by atoms with E-state index in [1.54, 1.807) is 5.32 Å². The average Bonchev–Trinajstić information content (AvgIpc) is 2.40. The Hall–Kier alpha value is 0.170. The van der Waals surface area contributed by atoms with Crippen LogP contribution in [0.4, 0.5) is 0 Å². The zero-order valence-electron chi connectivity index (χ0n) is 14.2. The first-order valence-corrected chi connectivity index (χ1v) is 13.0. The van der Waals surface area contributed by atoms with Crippen LogP contribution in [0.25, 0.3) is 0 Å². The van der Waals surface area contributed by atoms with Gasteiger partial charge in [0.05, 0.1) is 0 Å². The largest absolute Gasteiger partial charge is 0.354 e. The van der Waals surface area contributed by atoms with Crippen molar-refractivity contribution in [1.29, 1.82) is 0 Å². The van der Waals surface area contributed by atoms with Crippen LogP contribution >= 0.6 is 15.2 Å². The van der Waals surface area contributed by atoms with Gasteiger partial charge in [-0.3, -0.25) is 19.0 Å². The summed E-state index contributed by atoms with van der Waals surface area (Å²) in [4.78, 5) is 36.1. The summed E-state index contributed by atoms with van der Waals surface area (Å²) in [6, 6.07) is 0. The van der Waals surface area contributed by atoms with Gasteiger partial charge >= 0.3 is 15.2 Å². The molecular weight excluding hydrogens is 396 g/mol. The second-order valence-corrected chi connectivity index (χ2v) is 11.4. The van der Waals surface area contributed by atoms with Crippen molar-refractivity contribution in [2.45, 2.75) is 75.6 Å². The van der Waals surface area contributed by atoms with Crippen molar-refractivity contribution in [1.82, 2.24) is 5.32 Å². The lowest BCUT2D eigenvalue weighted by Gasteiger charge is -2.25. The topological polar surface area (TPSA) is 181 Å². The molecule has 0 saturated heterocycles. The molecule has 0 aliphatic carbocycles. The van der Waals surface area contributed by atoms with Gasteiger partial charge in [-0.25, -0.2) is 0 Å². The molecule has 0 amide bonds. The van der Waals surface area contributed by atoms with Crippen LogP contribution in [0.1, 0.15) is 64.7 Å². The van der Waals surface area contributed by atoms with Gasteiger partial charge in [0.15, 0.2) is 0 Å². The van der Waals surface area contributed by atoms with E-state index in [1.807, 2.05) is 0 Å². The number of nitrogens with one attached hydrogen (secondary N) is 1. The quantitative estimate of drug-likeness (QED) is 0.137. The third-order valence-electron chi connectivity index (χ3n) is 3.65. The van der Waals surface area contributed by atoms with E-state index in [1.165, 1.54) is 0 Å². The van der Waals surface area contributed by atoms with Gasteiger partial charge in [0.25, 0.3) is 10.1 Å². The van der Waals surface area contributed by atoms with E-state index in [0.29, 0.717) is 12.8 Å². The smallest absolute Gasteiger partial charge is 0.323 e. The Bertz CT molecular complexity index is 549. The normalized spacial score (nSPS) is 14.8. The van der Waals surface area contributed by atoms with Gasteiger partial charge < -0.3 is 19.6 Å². The molecule has 0 radical (unpaired) electrons. The zero-order valence-corrected chi connectivity index (χ0v) is 16.8. The van der Waals surface area contributed by atoms with Crippen molar-refractivity contribution in [2.75, 3.05) is 0 Å². The summed E-state index contributed by atoms with van der Waals surface area (Å²) < 4.78 is 54.3. The highest BCUT2D eigenvalue weighted by Gasteiger charge is 2.46. The zero-order chi connectivity index (χ0) is 19.7. The summed E-state index contributed by atoms with van der Waals surface area (Å²) in [5.74, 6) is 0. The highest BCUT2D eigenvalue weighted by molar-refractivity contribution is 7.86. The number of hydrogen-bond donors (Lipinski definition) is 6. The Morgan fingerprint density at radius 3 is 1.60 bits per heavy atom. The van der Waals surface area contributed by atoms with Gasteiger partial charge in [0.2, 0.25) is 5.52 Å². The summed E-state index contributed by atoms with van der Waals surface area (Å²) in [6.45, 7) is 2.10. The van der Waals surface area contributed by atoms with Crippen molar-refractivity contribution in [3.63, 3.8) is 0 Å². The van der Waals surface area contributed by atoms with Crippen LogP contribution in [-0.2, 0) is 19.2 Å². The molecule has 0 saturated carbocycles. The lowest BCUT2D eigenvalue weighted by molar-refractivity contribution is 0.322. The van der Waals surface area contributed by atoms with Crippen LogP contribution in [0.15, 0.2) is 0 Å². The highest BCUT2D eigenvalue weighted by Crippen LogP contribution is 2.58. The standard InChI is InChI=1S/C12H29NO9P2S/c1-2-3-4-5-6-7-8-9-10-11(25(20,21)22)13-12(23(14,15)16)24(17,18)19/h11-13H,2-10H2,1H3,(H2,14,15,16)(H2,17,18,19)(H,20,21,22). The Labute approximate surface area is 148 Å². The highest BCUT2D eigenvalue weighted by atomic mass is 32.2. The van der Waals surface area contributed by atoms with E-state index in [2.05, 4.69) is 6.92 Å². The average molecular weight is 425 g/mol. The summed E-state index contributed by atoms with van der Waals surface area (Å²) in [6.07, 6.45) is 7.01. The fourth-order valence-corrected chi connectivity index (χ4v) is 5.63. The Morgan fingerprint density at radius 1 is 0.840 bits per heavy atom. The number of unbranched alkanes of at least 4 members (excludes halogenated alkanes) is 7. The summed E-state index contributed by atoms with van der Waals surface area (Å²) >= 11 is 0. The second-order valence-electron chi connectivity index (χ2n) is 5.99. The summed E-state index contributed by atoms with van der Waals surface area (Å²) in [5, 5.41) is -0.135. The molecule has 1 atom stereocenters. The summed E-state index contributed by atoms with van der Waals surface area (Å²) in [5.41, 5.74) is -2.68. The molecule has 0 fully saturated rings. The van der Waals surface area contributed by atoms with Crippen molar-refractivity contribution in [3.05, 3.63) is 0 Å². The van der Waals surface area contributed by atoms with Gasteiger partial charge in [-0.1, -0.05) is 58.3 Å². The Morgan fingerprint density at radius 2 is 1.24 bits per heavy atom. The predicted molar refractivity (Wildman–Crippen MR) is 93.6 cm³/mol. The Kier molecular flexibility index (Phi) is 11.2. The molecule has 0 aliphatic heterocycles. The van der Waals surface area contributed by atoms with Gasteiger partial charge in [-0.05, 0) is 6.42 Å². The third kappa shape index (κ3) is 11.5. The van der Waals surface area contributed by atoms with E-state index in [9.17, 15) is 17.5 Å². The van der Waals surface area contributed by atoms with Crippen molar-refractivity contribution < 1.29 is 41.7 Å². The van der Waals surface area contributed by atoms with Crippen LogP contribution < -0.4 is 5.32 Å². The number of rotatable bonds is 14. The van der Waals surface area contributed by atoms with Crippen LogP contribution in [0.3, 0.4) is 0 Å². The molecule has 152 valence electrons. The van der Waals surface area contributed by atoms with E-state index in [0.717, 1.165) is 38.5 Å². The lowest BCUT2D eigenvalue weighted by Crippen LogP contribution is -2.42. The maximum Gasteiger partial charge on any atom is 0.354 e.